The molecule has 1 aliphatic rings. The van der Waals surface area contributed by atoms with Crippen LogP contribution >= 0.6 is 0 Å². The zero-order chi connectivity index (χ0) is 20.1. The van der Waals surface area contributed by atoms with Crippen molar-refractivity contribution in [1.82, 2.24) is 10.6 Å². The van der Waals surface area contributed by atoms with Gasteiger partial charge in [-0.05, 0) is 31.0 Å². The highest BCUT2D eigenvalue weighted by molar-refractivity contribution is 7.91. The fraction of sp³-hybridized carbons (Fsp3) is 0.632. The second-order valence-electron chi connectivity index (χ2n) is 7.39. The molecule has 2 rings (SSSR count). The molecule has 0 saturated carbocycles. The van der Waals surface area contributed by atoms with Crippen molar-refractivity contribution in [3.8, 4) is 11.5 Å². The van der Waals surface area contributed by atoms with E-state index in [-0.39, 0.29) is 23.0 Å². The summed E-state index contributed by atoms with van der Waals surface area (Å²) in [4.78, 5) is 4.70. The molecule has 1 heterocycles. The van der Waals surface area contributed by atoms with E-state index < -0.39 is 9.84 Å². The van der Waals surface area contributed by atoms with Gasteiger partial charge < -0.3 is 20.1 Å². The van der Waals surface area contributed by atoms with Crippen LogP contribution in [0.3, 0.4) is 0 Å². The molecular weight excluding hydrogens is 366 g/mol. The first-order chi connectivity index (χ1) is 12.7. The third kappa shape index (κ3) is 5.76. The Balaban J connectivity index is 2.13. The lowest BCUT2D eigenvalue weighted by molar-refractivity contribution is 0.353. The number of nitrogens with zero attached hydrogens (tertiary/aromatic N) is 1. The van der Waals surface area contributed by atoms with Crippen molar-refractivity contribution in [2.24, 2.45) is 4.99 Å². The highest BCUT2D eigenvalue weighted by Gasteiger charge is 2.29. The quantitative estimate of drug-likeness (QED) is 0.538. The molecule has 0 radical (unpaired) electrons. The molecule has 1 atom stereocenters. The first-order valence-corrected chi connectivity index (χ1v) is 11.0. The average Bonchev–Trinajstić information content (AvgIpc) is 2.97. The molecule has 7 nitrogen and oxygen atoms in total. The van der Waals surface area contributed by atoms with Crippen LogP contribution in [0.1, 0.15) is 32.8 Å². The Bertz CT molecular complexity index is 775. The van der Waals surface area contributed by atoms with E-state index >= 15 is 0 Å². The molecular formula is C19H31N3O4S. The van der Waals surface area contributed by atoms with Gasteiger partial charge in [-0.15, -0.1) is 0 Å². The van der Waals surface area contributed by atoms with Crippen molar-refractivity contribution in [2.45, 2.75) is 38.6 Å². The van der Waals surface area contributed by atoms with Gasteiger partial charge in [0.2, 0.25) is 0 Å². The van der Waals surface area contributed by atoms with Crippen LogP contribution in [0.5, 0.6) is 11.5 Å². The van der Waals surface area contributed by atoms with Crippen molar-refractivity contribution in [3.05, 3.63) is 23.8 Å². The van der Waals surface area contributed by atoms with Gasteiger partial charge in [-0.2, -0.15) is 0 Å². The first-order valence-electron chi connectivity index (χ1n) is 9.18. The standard InChI is InChI=1S/C19H31N3O4S/c1-6-20-18(22-15-9-10-27(23,24)12-15)21-13-19(2,3)14-7-8-16(25-4)17(11-14)26-5/h7-8,11,15H,6,9-10,12-13H2,1-5H3,(H2,20,21,22). The highest BCUT2D eigenvalue weighted by atomic mass is 32.2. The average molecular weight is 398 g/mol. The molecule has 1 unspecified atom stereocenters. The molecule has 1 saturated heterocycles. The van der Waals surface area contributed by atoms with E-state index in [1.807, 2.05) is 25.1 Å². The number of guanidine groups is 1. The third-order valence-electron chi connectivity index (χ3n) is 4.71. The van der Waals surface area contributed by atoms with Crippen LogP contribution in [0.25, 0.3) is 0 Å². The summed E-state index contributed by atoms with van der Waals surface area (Å²) in [5.41, 5.74) is 0.854. The largest absolute Gasteiger partial charge is 0.493 e. The number of hydrogen-bond acceptors (Lipinski definition) is 5. The molecule has 2 N–H and O–H groups in total. The monoisotopic (exact) mass is 397 g/mol. The van der Waals surface area contributed by atoms with Crippen molar-refractivity contribution >= 4 is 15.8 Å². The normalized spacial score (nSPS) is 19.6. The summed E-state index contributed by atoms with van der Waals surface area (Å²) >= 11 is 0. The minimum atomic E-state index is -2.93. The van der Waals surface area contributed by atoms with Gasteiger partial charge in [-0.25, -0.2) is 8.42 Å². The van der Waals surface area contributed by atoms with Crippen molar-refractivity contribution in [1.29, 1.82) is 0 Å². The Morgan fingerprint density at radius 2 is 1.96 bits per heavy atom. The summed E-state index contributed by atoms with van der Waals surface area (Å²) in [5, 5.41) is 6.45. The van der Waals surface area contributed by atoms with E-state index in [0.717, 1.165) is 5.56 Å². The van der Waals surface area contributed by atoms with E-state index in [9.17, 15) is 8.42 Å². The number of rotatable bonds is 7. The van der Waals surface area contributed by atoms with Crippen LogP contribution in [0.2, 0.25) is 0 Å². The topological polar surface area (TPSA) is 89.0 Å². The Hall–Kier alpha value is -1.96. The van der Waals surface area contributed by atoms with Crippen LogP contribution in [0, 0.1) is 0 Å². The van der Waals surface area contributed by atoms with Crippen molar-refractivity contribution in [2.75, 3.05) is 38.8 Å². The Kier molecular flexibility index (Phi) is 6.97. The van der Waals surface area contributed by atoms with E-state index in [0.29, 0.717) is 37.0 Å². The molecule has 0 amide bonds. The lowest BCUT2D eigenvalue weighted by Gasteiger charge is -2.25. The second-order valence-corrected chi connectivity index (χ2v) is 9.62. The molecule has 0 aliphatic carbocycles. The van der Waals surface area contributed by atoms with Crippen molar-refractivity contribution < 1.29 is 17.9 Å². The maximum absolute atomic E-state index is 11.7. The second kappa shape index (κ2) is 8.82. The number of sulfone groups is 1. The van der Waals surface area contributed by atoms with Gasteiger partial charge in [0, 0.05) is 18.0 Å². The Morgan fingerprint density at radius 1 is 1.26 bits per heavy atom. The Morgan fingerprint density at radius 3 is 2.52 bits per heavy atom. The van der Waals surface area contributed by atoms with Crippen molar-refractivity contribution in [3.63, 3.8) is 0 Å². The molecule has 27 heavy (non-hydrogen) atoms. The molecule has 0 aromatic heterocycles. The lowest BCUT2D eigenvalue weighted by atomic mass is 9.84. The Labute approximate surface area is 162 Å². The molecule has 0 bridgehead atoms. The van der Waals surface area contributed by atoms with Crippen LogP contribution in [-0.4, -0.2) is 59.2 Å². The maximum Gasteiger partial charge on any atom is 0.191 e. The highest BCUT2D eigenvalue weighted by Crippen LogP contribution is 2.33. The molecule has 1 aromatic rings. The van der Waals surface area contributed by atoms with E-state index in [2.05, 4.69) is 24.5 Å². The van der Waals surface area contributed by atoms with E-state index in [4.69, 9.17) is 14.5 Å². The number of nitrogens with one attached hydrogen (secondary N) is 2. The number of aliphatic imine (C=N–C) groups is 1. The number of hydrogen-bond donors (Lipinski definition) is 2. The zero-order valence-electron chi connectivity index (χ0n) is 16.8. The van der Waals surface area contributed by atoms with Gasteiger partial charge >= 0.3 is 0 Å². The van der Waals surface area contributed by atoms with Gasteiger partial charge in [0.1, 0.15) is 0 Å². The van der Waals surface area contributed by atoms with Crippen LogP contribution in [0.15, 0.2) is 23.2 Å². The van der Waals surface area contributed by atoms with Gasteiger partial charge in [0.15, 0.2) is 27.3 Å². The zero-order valence-corrected chi connectivity index (χ0v) is 17.6. The molecule has 8 heteroatoms. The molecule has 1 aliphatic heterocycles. The molecule has 1 fully saturated rings. The third-order valence-corrected chi connectivity index (χ3v) is 6.48. The number of ether oxygens (including phenoxy) is 2. The van der Waals surface area contributed by atoms with Gasteiger partial charge in [0.25, 0.3) is 0 Å². The summed E-state index contributed by atoms with van der Waals surface area (Å²) in [6, 6.07) is 5.79. The van der Waals surface area contributed by atoms with Gasteiger partial charge in [-0.3, -0.25) is 4.99 Å². The minimum Gasteiger partial charge on any atom is -0.493 e. The predicted octanol–water partition coefficient (Wildman–Crippen LogP) is 1.72. The van der Waals surface area contributed by atoms with E-state index in [1.165, 1.54) is 0 Å². The maximum atomic E-state index is 11.7. The SMILES string of the molecule is CCNC(=NCC(C)(C)c1ccc(OC)c(OC)c1)NC1CCS(=O)(=O)C1. The molecule has 0 spiro atoms. The minimum absolute atomic E-state index is 0.0861. The summed E-state index contributed by atoms with van der Waals surface area (Å²) in [5.74, 6) is 2.43. The fourth-order valence-electron chi connectivity index (χ4n) is 3.05. The van der Waals surface area contributed by atoms with Gasteiger partial charge in [0.05, 0.1) is 32.3 Å². The first kappa shape index (κ1) is 21.3. The molecule has 1 aromatic carbocycles. The smallest absolute Gasteiger partial charge is 0.191 e. The van der Waals surface area contributed by atoms with Gasteiger partial charge in [-0.1, -0.05) is 19.9 Å². The molecule has 152 valence electrons. The van der Waals surface area contributed by atoms with Crippen LogP contribution < -0.4 is 20.1 Å². The summed E-state index contributed by atoms with van der Waals surface area (Å²) < 4.78 is 34.1. The fourth-order valence-corrected chi connectivity index (χ4v) is 4.72. The number of benzene rings is 1. The number of methoxy groups -OCH3 is 2. The summed E-state index contributed by atoms with van der Waals surface area (Å²) in [6.07, 6.45) is 0.617. The lowest BCUT2D eigenvalue weighted by Crippen LogP contribution is -2.44. The van der Waals surface area contributed by atoms with Crippen LogP contribution in [-0.2, 0) is 15.3 Å². The summed E-state index contributed by atoms with van der Waals surface area (Å²) in [7, 11) is 0.309. The predicted molar refractivity (Wildman–Crippen MR) is 109 cm³/mol. The van der Waals surface area contributed by atoms with Crippen LogP contribution in [0.4, 0.5) is 0 Å². The van der Waals surface area contributed by atoms with E-state index in [1.54, 1.807) is 14.2 Å². The summed E-state index contributed by atoms with van der Waals surface area (Å²) in [6.45, 7) is 7.46.